The van der Waals surface area contributed by atoms with Crippen molar-refractivity contribution in [3.05, 3.63) is 23.8 Å². The lowest BCUT2D eigenvalue weighted by molar-refractivity contribution is 0.139. The summed E-state index contributed by atoms with van der Waals surface area (Å²) in [6.07, 6.45) is 0.651. The van der Waals surface area contributed by atoms with Gasteiger partial charge in [0.25, 0.3) is 0 Å². The third kappa shape index (κ3) is 4.98. The number of anilines is 1. The first kappa shape index (κ1) is 20.0. The molecule has 0 aliphatic carbocycles. The van der Waals surface area contributed by atoms with Gasteiger partial charge in [0.2, 0.25) is 0 Å². The molecule has 0 spiro atoms. The fourth-order valence-electron chi connectivity index (χ4n) is 3.25. The molecule has 1 fully saturated rings. The number of nitrogens with zero attached hydrogens (tertiary/aromatic N) is 2. The van der Waals surface area contributed by atoms with Gasteiger partial charge in [0, 0.05) is 69.2 Å². The zero-order chi connectivity index (χ0) is 15.9. The summed E-state index contributed by atoms with van der Waals surface area (Å²) in [6, 6.07) is 6.03. The van der Waals surface area contributed by atoms with Crippen molar-refractivity contribution in [1.29, 1.82) is 0 Å². The predicted molar refractivity (Wildman–Crippen MR) is 97.8 cm³/mol. The van der Waals surface area contributed by atoms with Crippen molar-refractivity contribution in [2.75, 3.05) is 50.8 Å². The van der Waals surface area contributed by atoms with Crippen molar-refractivity contribution in [1.82, 2.24) is 10.2 Å². The number of hydrogen-bond donors (Lipinski definition) is 3. The van der Waals surface area contributed by atoms with Crippen LogP contribution in [0.3, 0.4) is 0 Å². The Hall–Kier alpha value is -1.01. The molecule has 1 saturated heterocycles. The van der Waals surface area contributed by atoms with Crippen molar-refractivity contribution in [2.24, 2.45) is 0 Å². The van der Waals surface area contributed by atoms with E-state index in [9.17, 15) is 10.2 Å². The second kappa shape index (κ2) is 9.98. The highest BCUT2D eigenvalue weighted by molar-refractivity contribution is 5.85. The molecule has 0 radical (unpaired) electrons. The summed E-state index contributed by atoms with van der Waals surface area (Å²) in [4.78, 5) is 4.56. The molecule has 132 valence electrons. The summed E-state index contributed by atoms with van der Waals surface area (Å²) in [5.41, 5.74) is 1.97. The smallest absolute Gasteiger partial charge is 0.122 e. The maximum absolute atomic E-state index is 10.5. The molecular weight excluding hydrogens is 314 g/mol. The number of piperazine rings is 1. The summed E-state index contributed by atoms with van der Waals surface area (Å²) < 4.78 is 0. The Kier molecular flexibility index (Phi) is 8.69. The number of aromatic hydroxyl groups is 1. The molecule has 6 heteroatoms. The molecule has 1 aliphatic heterocycles. The lowest BCUT2D eigenvalue weighted by Gasteiger charge is -2.35. The van der Waals surface area contributed by atoms with Crippen LogP contribution in [0.15, 0.2) is 18.2 Å². The molecule has 5 nitrogen and oxygen atoms in total. The molecule has 1 atom stereocenters. The molecule has 1 aliphatic rings. The summed E-state index contributed by atoms with van der Waals surface area (Å²) in [6.45, 7) is 10.0. The predicted octanol–water partition coefficient (Wildman–Crippen LogP) is 1.99. The number of rotatable bonds is 7. The third-order valence-corrected chi connectivity index (χ3v) is 4.50. The minimum Gasteiger partial charge on any atom is -0.508 e. The van der Waals surface area contributed by atoms with Gasteiger partial charge in [0.1, 0.15) is 5.75 Å². The molecule has 0 aromatic heterocycles. The third-order valence-electron chi connectivity index (χ3n) is 4.50. The van der Waals surface area contributed by atoms with E-state index in [0.717, 1.165) is 50.5 Å². The van der Waals surface area contributed by atoms with Crippen LogP contribution in [0, 0.1) is 0 Å². The maximum Gasteiger partial charge on any atom is 0.122 e. The van der Waals surface area contributed by atoms with Crippen LogP contribution in [0.2, 0.25) is 0 Å². The zero-order valence-corrected chi connectivity index (χ0v) is 15.0. The van der Waals surface area contributed by atoms with Crippen molar-refractivity contribution in [3.63, 3.8) is 0 Å². The van der Waals surface area contributed by atoms with Gasteiger partial charge in [-0.1, -0.05) is 6.07 Å². The van der Waals surface area contributed by atoms with Crippen molar-refractivity contribution in [2.45, 2.75) is 26.3 Å². The highest BCUT2D eigenvalue weighted by Gasteiger charge is 2.24. The van der Waals surface area contributed by atoms with E-state index in [2.05, 4.69) is 35.0 Å². The van der Waals surface area contributed by atoms with Gasteiger partial charge < -0.3 is 20.4 Å². The van der Waals surface area contributed by atoms with Crippen LogP contribution in [0.5, 0.6) is 5.75 Å². The Morgan fingerprint density at radius 3 is 2.39 bits per heavy atom. The second-order valence-corrected chi connectivity index (χ2v) is 5.73. The van der Waals surface area contributed by atoms with E-state index in [1.165, 1.54) is 0 Å². The van der Waals surface area contributed by atoms with Crippen LogP contribution in [-0.2, 0) is 0 Å². The Balaban J connectivity index is 0.00000264. The number of phenolic OH excluding ortho intramolecular Hbond substituents is 1. The van der Waals surface area contributed by atoms with E-state index in [0.29, 0.717) is 12.2 Å². The van der Waals surface area contributed by atoms with Crippen molar-refractivity contribution < 1.29 is 10.2 Å². The van der Waals surface area contributed by atoms with E-state index in [4.69, 9.17) is 0 Å². The van der Waals surface area contributed by atoms with Gasteiger partial charge >= 0.3 is 0 Å². The monoisotopic (exact) mass is 343 g/mol. The lowest BCUT2D eigenvalue weighted by Crippen LogP contribution is -2.45. The molecule has 1 aromatic rings. The largest absolute Gasteiger partial charge is 0.508 e. The molecular formula is C17H30ClN3O2. The Labute approximate surface area is 145 Å². The summed E-state index contributed by atoms with van der Waals surface area (Å²) in [5, 5.41) is 23.3. The van der Waals surface area contributed by atoms with E-state index in [-0.39, 0.29) is 25.1 Å². The molecule has 0 saturated carbocycles. The number of halogens is 1. The van der Waals surface area contributed by atoms with Gasteiger partial charge in [0.15, 0.2) is 0 Å². The Bertz CT molecular complexity index is 463. The number of aliphatic hydroxyl groups excluding tert-OH is 1. The number of benzene rings is 1. The van der Waals surface area contributed by atoms with Gasteiger partial charge in [-0.3, -0.25) is 4.90 Å². The molecule has 0 bridgehead atoms. The number of hydrogen-bond acceptors (Lipinski definition) is 5. The van der Waals surface area contributed by atoms with Crippen LogP contribution in [-0.4, -0.2) is 61.0 Å². The van der Waals surface area contributed by atoms with Crippen LogP contribution in [0.1, 0.15) is 31.9 Å². The average molecular weight is 344 g/mol. The van der Waals surface area contributed by atoms with E-state index < -0.39 is 0 Å². The normalized spacial score (nSPS) is 16.7. The summed E-state index contributed by atoms with van der Waals surface area (Å²) >= 11 is 0. The van der Waals surface area contributed by atoms with Crippen LogP contribution in [0.4, 0.5) is 5.69 Å². The zero-order valence-electron chi connectivity index (χ0n) is 14.2. The van der Waals surface area contributed by atoms with E-state index >= 15 is 0 Å². The molecule has 3 N–H and O–H groups in total. The van der Waals surface area contributed by atoms with E-state index in [1.807, 2.05) is 12.1 Å². The minimum atomic E-state index is 0. The number of phenols is 1. The van der Waals surface area contributed by atoms with Crippen LogP contribution in [0.25, 0.3) is 0 Å². The van der Waals surface area contributed by atoms with Crippen molar-refractivity contribution in [3.8, 4) is 5.75 Å². The van der Waals surface area contributed by atoms with Gasteiger partial charge in [-0.2, -0.15) is 0 Å². The maximum atomic E-state index is 10.5. The molecule has 23 heavy (non-hydrogen) atoms. The standard InChI is InChI=1S/C17H29N3O2.ClH/c1-3-19(4-2)14-5-6-15(17(22)13-14)16(7-12-21)20-10-8-18-9-11-20;/h5-6,13,16,18,21-22H,3-4,7-12H2,1-2H3;1H/t16-;/m1./s1. The topological polar surface area (TPSA) is 59.0 Å². The first-order valence-electron chi connectivity index (χ1n) is 8.34. The minimum absolute atomic E-state index is 0. The highest BCUT2D eigenvalue weighted by Crippen LogP contribution is 2.34. The summed E-state index contributed by atoms with van der Waals surface area (Å²) in [7, 11) is 0. The van der Waals surface area contributed by atoms with Gasteiger partial charge in [-0.25, -0.2) is 0 Å². The molecule has 0 unspecified atom stereocenters. The van der Waals surface area contributed by atoms with Gasteiger partial charge in [-0.05, 0) is 26.3 Å². The van der Waals surface area contributed by atoms with Gasteiger partial charge in [-0.15, -0.1) is 12.4 Å². The number of aliphatic hydroxyl groups is 1. The fourth-order valence-corrected chi connectivity index (χ4v) is 3.25. The van der Waals surface area contributed by atoms with Crippen molar-refractivity contribution >= 4 is 18.1 Å². The highest BCUT2D eigenvalue weighted by atomic mass is 35.5. The fraction of sp³-hybridized carbons (Fsp3) is 0.647. The molecule has 1 heterocycles. The quantitative estimate of drug-likeness (QED) is 0.707. The lowest BCUT2D eigenvalue weighted by atomic mass is 9.99. The molecule has 0 amide bonds. The molecule has 2 rings (SSSR count). The first-order valence-corrected chi connectivity index (χ1v) is 8.34. The average Bonchev–Trinajstić information content (AvgIpc) is 2.55. The Morgan fingerprint density at radius 2 is 1.87 bits per heavy atom. The second-order valence-electron chi connectivity index (χ2n) is 5.73. The molecule has 1 aromatic carbocycles. The van der Waals surface area contributed by atoms with E-state index in [1.54, 1.807) is 0 Å². The summed E-state index contributed by atoms with van der Waals surface area (Å²) in [5.74, 6) is 0.335. The van der Waals surface area contributed by atoms with Crippen LogP contribution < -0.4 is 10.2 Å². The van der Waals surface area contributed by atoms with Crippen LogP contribution >= 0.6 is 12.4 Å². The first-order chi connectivity index (χ1) is 10.7. The SMILES string of the molecule is CCN(CC)c1ccc([C@@H](CCO)N2CCNCC2)c(O)c1.Cl. The Morgan fingerprint density at radius 1 is 1.22 bits per heavy atom. The number of nitrogens with one attached hydrogen (secondary N) is 1. The van der Waals surface area contributed by atoms with Gasteiger partial charge in [0.05, 0.1) is 0 Å².